The smallest absolute Gasteiger partial charge is 0.261 e. The van der Waals surface area contributed by atoms with Gasteiger partial charge >= 0.3 is 0 Å². The first-order valence-electron chi connectivity index (χ1n) is 10.6. The van der Waals surface area contributed by atoms with Crippen LogP contribution in [0.2, 0.25) is 0 Å². The fourth-order valence-corrected chi connectivity index (χ4v) is 3.14. The Morgan fingerprint density at radius 2 is 1.94 bits per heavy atom. The van der Waals surface area contributed by atoms with Gasteiger partial charge in [0.15, 0.2) is 0 Å². The number of nitrogens with zero attached hydrogens (tertiary/aromatic N) is 5. The molecule has 2 N–H and O–H groups in total. The maximum absolute atomic E-state index is 12.6. The number of hydrogen-bond acceptors (Lipinski definition) is 7. The molecule has 0 aromatic carbocycles. The minimum absolute atomic E-state index is 0.0688. The molecule has 9 heteroatoms. The van der Waals surface area contributed by atoms with Crippen molar-refractivity contribution in [1.82, 2.24) is 29.7 Å². The molecule has 4 aromatic rings. The van der Waals surface area contributed by atoms with Crippen molar-refractivity contribution in [2.75, 3.05) is 11.9 Å². The summed E-state index contributed by atoms with van der Waals surface area (Å²) in [6.07, 6.45) is 6.87. The third kappa shape index (κ3) is 5.43. The molecule has 0 unspecified atom stereocenters. The van der Waals surface area contributed by atoms with Crippen LogP contribution in [-0.2, 0) is 7.05 Å². The highest BCUT2D eigenvalue weighted by molar-refractivity contribution is 5.60. The minimum Gasteiger partial charge on any atom is -0.455 e. The Morgan fingerprint density at radius 1 is 1.12 bits per heavy atom. The van der Waals surface area contributed by atoms with Crippen LogP contribution in [0.1, 0.15) is 26.5 Å². The average molecular weight is 446 g/mol. The summed E-state index contributed by atoms with van der Waals surface area (Å²) >= 11 is 0. The van der Waals surface area contributed by atoms with Crippen LogP contribution in [0.4, 0.5) is 5.95 Å². The highest BCUT2D eigenvalue weighted by Gasteiger charge is 2.13. The maximum Gasteiger partial charge on any atom is 0.261 e. The number of aryl methyl sites for hydroxylation is 2. The van der Waals surface area contributed by atoms with Crippen molar-refractivity contribution in [2.24, 2.45) is 12.5 Å². The van der Waals surface area contributed by atoms with Gasteiger partial charge in [-0.1, -0.05) is 20.8 Å². The van der Waals surface area contributed by atoms with Gasteiger partial charge in [0, 0.05) is 43.8 Å². The molecule has 0 atom stereocenters. The highest BCUT2D eigenvalue weighted by atomic mass is 16.5. The molecule has 0 saturated carbocycles. The van der Waals surface area contributed by atoms with Crippen LogP contribution in [0, 0.1) is 12.3 Å². The van der Waals surface area contributed by atoms with E-state index in [1.165, 1.54) is 6.20 Å². The van der Waals surface area contributed by atoms with E-state index in [9.17, 15) is 4.79 Å². The van der Waals surface area contributed by atoms with Crippen LogP contribution < -0.4 is 15.6 Å². The van der Waals surface area contributed by atoms with Crippen LogP contribution in [0.5, 0.6) is 11.5 Å². The number of rotatable bonds is 6. The van der Waals surface area contributed by atoms with Crippen LogP contribution in [0.15, 0.2) is 53.8 Å². The van der Waals surface area contributed by atoms with Crippen molar-refractivity contribution in [3.05, 3.63) is 65.1 Å². The van der Waals surface area contributed by atoms with Gasteiger partial charge < -0.3 is 10.1 Å². The van der Waals surface area contributed by atoms with Gasteiger partial charge in [-0.25, -0.2) is 9.97 Å². The molecule has 9 nitrogen and oxygen atoms in total. The Hall–Kier alpha value is -4.01. The van der Waals surface area contributed by atoms with Crippen molar-refractivity contribution in [3.8, 4) is 34.0 Å². The number of ether oxygens (including phenoxy) is 1. The van der Waals surface area contributed by atoms with Gasteiger partial charge in [-0.3, -0.25) is 19.4 Å². The fraction of sp³-hybridized carbons (Fsp3) is 0.292. The zero-order valence-corrected chi connectivity index (χ0v) is 19.4. The van der Waals surface area contributed by atoms with E-state index in [4.69, 9.17) is 4.74 Å². The molecular formula is C24H27N7O2. The first-order chi connectivity index (χ1) is 15.7. The molecule has 0 saturated heterocycles. The number of aromatic amines is 1. The Bertz CT molecular complexity index is 1340. The first-order valence-corrected chi connectivity index (χ1v) is 10.6. The lowest BCUT2D eigenvalue weighted by Crippen LogP contribution is -2.22. The highest BCUT2D eigenvalue weighted by Crippen LogP contribution is 2.28. The van der Waals surface area contributed by atoms with E-state index in [0.717, 1.165) is 11.3 Å². The predicted molar refractivity (Wildman–Crippen MR) is 127 cm³/mol. The van der Waals surface area contributed by atoms with Gasteiger partial charge in [0.25, 0.3) is 5.56 Å². The molecular weight excluding hydrogens is 418 g/mol. The zero-order valence-electron chi connectivity index (χ0n) is 19.4. The molecule has 0 bridgehead atoms. The van der Waals surface area contributed by atoms with Crippen molar-refractivity contribution < 1.29 is 4.74 Å². The number of nitrogens with one attached hydrogen (secondary N) is 2. The van der Waals surface area contributed by atoms with E-state index in [1.807, 2.05) is 26.2 Å². The second kappa shape index (κ2) is 8.85. The lowest BCUT2D eigenvalue weighted by molar-refractivity contribution is 0.441. The van der Waals surface area contributed by atoms with Crippen molar-refractivity contribution in [3.63, 3.8) is 0 Å². The summed E-state index contributed by atoms with van der Waals surface area (Å²) in [5.41, 5.74) is 3.06. The summed E-state index contributed by atoms with van der Waals surface area (Å²) in [4.78, 5) is 28.7. The van der Waals surface area contributed by atoms with Gasteiger partial charge in [0.2, 0.25) is 5.95 Å². The van der Waals surface area contributed by atoms with Gasteiger partial charge in [-0.2, -0.15) is 5.10 Å². The molecule has 0 spiro atoms. The third-order valence-electron chi connectivity index (χ3n) is 4.86. The Balaban J connectivity index is 1.53. The van der Waals surface area contributed by atoms with Crippen LogP contribution in [-0.4, -0.2) is 36.3 Å². The van der Waals surface area contributed by atoms with Crippen molar-refractivity contribution in [2.45, 2.75) is 27.7 Å². The zero-order chi connectivity index (χ0) is 23.6. The van der Waals surface area contributed by atoms with Gasteiger partial charge in [-0.15, -0.1) is 0 Å². The summed E-state index contributed by atoms with van der Waals surface area (Å²) in [6.45, 7) is 8.84. The molecule has 4 heterocycles. The van der Waals surface area contributed by atoms with E-state index in [0.29, 0.717) is 40.9 Å². The molecule has 4 aromatic heterocycles. The number of pyridine rings is 2. The molecule has 0 radical (unpaired) electrons. The second-order valence-electron chi connectivity index (χ2n) is 9.05. The summed E-state index contributed by atoms with van der Waals surface area (Å²) < 4.78 is 7.76. The van der Waals surface area contributed by atoms with Crippen molar-refractivity contribution in [1.29, 1.82) is 0 Å². The number of H-pyrrole nitrogens is 1. The molecule has 0 amide bonds. The maximum atomic E-state index is 12.6. The van der Waals surface area contributed by atoms with Gasteiger partial charge in [0.05, 0.1) is 28.8 Å². The summed E-state index contributed by atoms with van der Waals surface area (Å²) in [5, 5.41) is 7.33. The first kappa shape index (κ1) is 22.2. The largest absolute Gasteiger partial charge is 0.455 e. The molecule has 0 aliphatic heterocycles. The lowest BCUT2D eigenvalue weighted by atomic mass is 9.97. The second-order valence-corrected chi connectivity index (χ2v) is 9.05. The predicted octanol–water partition coefficient (Wildman–Crippen LogP) is 4.19. The Morgan fingerprint density at radius 3 is 2.61 bits per heavy atom. The van der Waals surface area contributed by atoms with E-state index in [-0.39, 0.29) is 11.0 Å². The molecule has 0 aliphatic carbocycles. The topological polar surface area (TPSA) is 111 Å². The van der Waals surface area contributed by atoms with E-state index in [1.54, 1.807) is 35.3 Å². The van der Waals surface area contributed by atoms with Crippen LogP contribution in [0.3, 0.4) is 0 Å². The quantitative estimate of drug-likeness (QED) is 0.458. The van der Waals surface area contributed by atoms with Crippen LogP contribution in [0.25, 0.3) is 22.5 Å². The number of anilines is 1. The Labute approximate surface area is 191 Å². The van der Waals surface area contributed by atoms with E-state index < -0.39 is 0 Å². The van der Waals surface area contributed by atoms with Gasteiger partial charge in [-0.05, 0) is 30.5 Å². The summed E-state index contributed by atoms with van der Waals surface area (Å²) in [7, 11) is 1.86. The monoisotopic (exact) mass is 445 g/mol. The van der Waals surface area contributed by atoms with Gasteiger partial charge in [0.1, 0.15) is 11.5 Å². The normalized spacial score (nSPS) is 11.4. The third-order valence-corrected chi connectivity index (χ3v) is 4.86. The SMILES string of the molecule is Cc1nc(-c2cnc(NCC(C)(C)C)[nH]c2=O)ccc1Oc1ccnc(-c2cnn(C)c2)c1. The average Bonchev–Trinajstić information content (AvgIpc) is 3.20. The summed E-state index contributed by atoms with van der Waals surface area (Å²) in [5.74, 6) is 1.67. The van der Waals surface area contributed by atoms with E-state index >= 15 is 0 Å². The molecule has 4 rings (SSSR count). The van der Waals surface area contributed by atoms with Crippen LogP contribution >= 0.6 is 0 Å². The fourth-order valence-electron chi connectivity index (χ4n) is 3.14. The summed E-state index contributed by atoms with van der Waals surface area (Å²) in [6, 6.07) is 7.18. The van der Waals surface area contributed by atoms with Crippen molar-refractivity contribution >= 4 is 5.95 Å². The minimum atomic E-state index is -0.253. The standard InChI is InChI=1S/C24H27N7O2/c1-15-21(33-17-8-9-25-20(10-17)16-11-28-31(5)13-16)7-6-19(29-15)18-12-26-23(30-22(18)32)27-14-24(2,3)4/h6-13H,14H2,1-5H3,(H2,26,27,30,32). The molecule has 170 valence electrons. The van der Waals surface area contributed by atoms with E-state index in [2.05, 4.69) is 51.1 Å². The molecule has 33 heavy (non-hydrogen) atoms. The Kier molecular flexibility index (Phi) is 5.95. The lowest BCUT2D eigenvalue weighted by Gasteiger charge is -2.18. The molecule has 0 fully saturated rings. The molecule has 0 aliphatic rings. The number of aromatic nitrogens is 6. The number of hydrogen-bond donors (Lipinski definition) is 2.